The lowest BCUT2D eigenvalue weighted by Gasteiger charge is -2.43. The maximum atomic E-state index is 12.0. The van der Waals surface area contributed by atoms with Gasteiger partial charge in [0.1, 0.15) is 5.54 Å². The van der Waals surface area contributed by atoms with Gasteiger partial charge in [-0.25, -0.2) is 0 Å². The molecular formula is C11H18N2O3. The average molecular weight is 226 g/mol. The number of hydrogen-bond donors (Lipinski definition) is 1. The molecule has 16 heavy (non-hydrogen) atoms. The van der Waals surface area contributed by atoms with Gasteiger partial charge in [-0.3, -0.25) is 9.59 Å². The number of carbonyl (C=O) groups excluding carboxylic acids is 2. The maximum absolute atomic E-state index is 12.0. The molecule has 1 saturated carbocycles. The number of methoxy groups -OCH3 is 1. The summed E-state index contributed by atoms with van der Waals surface area (Å²) in [5, 5.41) is 2.68. The number of nitrogens with one attached hydrogen (secondary N) is 1. The minimum absolute atomic E-state index is 0.00829. The molecular weight excluding hydrogens is 208 g/mol. The molecule has 1 heterocycles. The van der Waals surface area contributed by atoms with Crippen LogP contribution in [0.15, 0.2) is 0 Å². The number of rotatable bonds is 4. The molecule has 5 nitrogen and oxygen atoms in total. The van der Waals surface area contributed by atoms with E-state index in [0.29, 0.717) is 19.1 Å². The Kier molecular flexibility index (Phi) is 2.88. The Morgan fingerprint density at radius 3 is 2.75 bits per heavy atom. The van der Waals surface area contributed by atoms with E-state index in [0.717, 1.165) is 12.8 Å². The summed E-state index contributed by atoms with van der Waals surface area (Å²) in [5.74, 6) is 0.283. The van der Waals surface area contributed by atoms with E-state index in [-0.39, 0.29) is 18.4 Å². The zero-order valence-electron chi connectivity index (χ0n) is 9.78. The number of carbonyl (C=O) groups is 2. The Morgan fingerprint density at radius 2 is 2.19 bits per heavy atom. The van der Waals surface area contributed by atoms with Crippen LogP contribution in [0.3, 0.4) is 0 Å². The minimum atomic E-state index is -0.659. The minimum Gasteiger partial charge on any atom is -0.383 e. The van der Waals surface area contributed by atoms with Crippen molar-refractivity contribution in [2.75, 3.05) is 26.8 Å². The first-order valence-corrected chi connectivity index (χ1v) is 5.68. The monoisotopic (exact) mass is 226 g/mol. The van der Waals surface area contributed by atoms with E-state index < -0.39 is 5.54 Å². The van der Waals surface area contributed by atoms with Crippen LogP contribution in [0.2, 0.25) is 0 Å². The van der Waals surface area contributed by atoms with Gasteiger partial charge in [0, 0.05) is 13.7 Å². The summed E-state index contributed by atoms with van der Waals surface area (Å²) in [6.45, 7) is 2.95. The molecule has 0 spiro atoms. The fraction of sp³-hybridized carbons (Fsp3) is 0.818. The summed E-state index contributed by atoms with van der Waals surface area (Å²) in [6, 6.07) is 0. The topological polar surface area (TPSA) is 58.6 Å². The first-order valence-electron chi connectivity index (χ1n) is 5.68. The smallest absolute Gasteiger partial charge is 0.246 e. The standard InChI is InChI=1S/C11H18N2O3/c1-11(8-3-4-8)10(15)12-7-9(14)13(11)5-6-16-2/h8H,3-7H2,1-2H3,(H,12,15). The van der Waals surface area contributed by atoms with E-state index >= 15 is 0 Å². The molecule has 2 aliphatic rings. The van der Waals surface area contributed by atoms with Gasteiger partial charge in [-0.1, -0.05) is 0 Å². The molecule has 2 rings (SSSR count). The third-order valence-corrected chi connectivity index (χ3v) is 3.61. The van der Waals surface area contributed by atoms with E-state index in [1.165, 1.54) is 0 Å². The number of piperazine rings is 1. The van der Waals surface area contributed by atoms with E-state index in [4.69, 9.17) is 4.74 Å². The molecule has 1 N–H and O–H groups in total. The van der Waals surface area contributed by atoms with Crippen molar-refractivity contribution < 1.29 is 14.3 Å². The van der Waals surface area contributed by atoms with Crippen molar-refractivity contribution in [3.63, 3.8) is 0 Å². The summed E-state index contributed by atoms with van der Waals surface area (Å²) in [4.78, 5) is 25.5. The summed E-state index contributed by atoms with van der Waals surface area (Å²) in [5.41, 5.74) is -0.659. The summed E-state index contributed by atoms with van der Waals surface area (Å²) in [7, 11) is 1.60. The molecule has 5 heteroatoms. The highest BCUT2D eigenvalue weighted by atomic mass is 16.5. The quantitative estimate of drug-likeness (QED) is 0.719. The second kappa shape index (κ2) is 4.05. The third-order valence-electron chi connectivity index (χ3n) is 3.61. The Labute approximate surface area is 95.1 Å². The van der Waals surface area contributed by atoms with Crippen LogP contribution in [0.5, 0.6) is 0 Å². The Hall–Kier alpha value is -1.10. The van der Waals surface area contributed by atoms with Crippen LogP contribution < -0.4 is 5.32 Å². The van der Waals surface area contributed by atoms with Crippen molar-refractivity contribution in [1.82, 2.24) is 10.2 Å². The van der Waals surface area contributed by atoms with Crippen molar-refractivity contribution >= 4 is 11.8 Å². The number of hydrogen-bond acceptors (Lipinski definition) is 3. The van der Waals surface area contributed by atoms with E-state index in [1.807, 2.05) is 6.92 Å². The second-order valence-electron chi connectivity index (χ2n) is 4.64. The predicted octanol–water partition coefficient (Wildman–Crippen LogP) is -0.240. The zero-order valence-corrected chi connectivity index (χ0v) is 9.78. The zero-order chi connectivity index (χ0) is 11.8. The van der Waals surface area contributed by atoms with Crippen LogP contribution in [0.4, 0.5) is 0 Å². The first kappa shape index (κ1) is 11.4. The Balaban J connectivity index is 2.19. The number of ether oxygens (including phenoxy) is 1. The van der Waals surface area contributed by atoms with Crippen LogP contribution in [0, 0.1) is 5.92 Å². The molecule has 1 aliphatic carbocycles. The van der Waals surface area contributed by atoms with Gasteiger partial charge in [0.2, 0.25) is 11.8 Å². The van der Waals surface area contributed by atoms with E-state index in [2.05, 4.69) is 5.32 Å². The lowest BCUT2D eigenvalue weighted by molar-refractivity contribution is -0.155. The molecule has 0 aromatic rings. The average Bonchev–Trinajstić information content (AvgIpc) is 3.08. The van der Waals surface area contributed by atoms with Crippen LogP contribution in [-0.2, 0) is 14.3 Å². The predicted molar refractivity (Wildman–Crippen MR) is 57.7 cm³/mol. The molecule has 0 aromatic carbocycles. The van der Waals surface area contributed by atoms with Crippen molar-refractivity contribution in [1.29, 1.82) is 0 Å². The van der Waals surface area contributed by atoms with Gasteiger partial charge in [0.15, 0.2) is 0 Å². The van der Waals surface area contributed by atoms with Crippen molar-refractivity contribution in [2.24, 2.45) is 5.92 Å². The molecule has 90 valence electrons. The molecule has 1 atom stereocenters. The lowest BCUT2D eigenvalue weighted by Crippen LogP contribution is -2.67. The molecule has 1 saturated heterocycles. The van der Waals surface area contributed by atoms with Crippen molar-refractivity contribution in [3.8, 4) is 0 Å². The lowest BCUT2D eigenvalue weighted by atomic mass is 9.90. The fourth-order valence-corrected chi connectivity index (χ4v) is 2.40. The normalized spacial score (nSPS) is 30.5. The van der Waals surface area contributed by atoms with Gasteiger partial charge < -0.3 is 15.0 Å². The number of amides is 2. The van der Waals surface area contributed by atoms with Crippen molar-refractivity contribution in [3.05, 3.63) is 0 Å². The maximum Gasteiger partial charge on any atom is 0.246 e. The van der Waals surface area contributed by atoms with Gasteiger partial charge >= 0.3 is 0 Å². The molecule has 1 unspecified atom stereocenters. The van der Waals surface area contributed by atoms with Crippen molar-refractivity contribution in [2.45, 2.75) is 25.3 Å². The molecule has 0 radical (unpaired) electrons. The third kappa shape index (κ3) is 1.69. The fourth-order valence-electron chi connectivity index (χ4n) is 2.40. The number of nitrogens with zero attached hydrogens (tertiary/aromatic N) is 1. The Morgan fingerprint density at radius 1 is 1.50 bits per heavy atom. The molecule has 2 fully saturated rings. The first-order chi connectivity index (χ1) is 7.60. The van der Waals surface area contributed by atoms with Gasteiger partial charge in [0.25, 0.3) is 0 Å². The highest BCUT2D eigenvalue weighted by molar-refractivity contribution is 5.98. The van der Waals surface area contributed by atoms with Gasteiger partial charge in [-0.05, 0) is 25.7 Å². The summed E-state index contributed by atoms with van der Waals surface area (Å²) < 4.78 is 5.00. The van der Waals surface area contributed by atoms with Gasteiger partial charge in [0.05, 0.1) is 13.2 Å². The van der Waals surface area contributed by atoms with E-state index in [9.17, 15) is 9.59 Å². The van der Waals surface area contributed by atoms with Crippen LogP contribution in [0.25, 0.3) is 0 Å². The largest absolute Gasteiger partial charge is 0.383 e. The SMILES string of the molecule is COCCN1C(=O)CNC(=O)C1(C)C1CC1. The van der Waals surface area contributed by atoms with Crippen LogP contribution >= 0.6 is 0 Å². The van der Waals surface area contributed by atoms with Crippen LogP contribution in [-0.4, -0.2) is 49.1 Å². The highest BCUT2D eigenvalue weighted by Crippen LogP contribution is 2.44. The van der Waals surface area contributed by atoms with Gasteiger partial charge in [-0.2, -0.15) is 0 Å². The van der Waals surface area contributed by atoms with Crippen LogP contribution in [0.1, 0.15) is 19.8 Å². The second-order valence-corrected chi connectivity index (χ2v) is 4.64. The molecule has 0 aromatic heterocycles. The molecule has 2 amide bonds. The summed E-state index contributed by atoms with van der Waals surface area (Å²) >= 11 is 0. The highest BCUT2D eigenvalue weighted by Gasteiger charge is 2.54. The molecule has 0 bridgehead atoms. The van der Waals surface area contributed by atoms with Gasteiger partial charge in [-0.15, -0.1) is 0 Å². The van der Waals surface area contributed by atoms with E-state index in [1.54, 1.807) is 12.0 Å². The summed E-state index contributed by atoms with van der Waals surface area (Å²) in [6.07, 6.45) is 2.06. The Bertz CT molecular complexity index is 314. The molecule has 1 aliphatic heterocycles.